The van der Waals surface area contributed by atoms with Gasteiger partial charge in [0, 0.05) is 18.0 Å². The lowest BCUT2D eigenvalue weighted by Crippen LogP contribution is -2.14. The third kappa shape index (κ3) is 6.50. The maximum Gasteiger partial charge on any atom is 0.235 e. The van der Waals surface area contributed by atoms with Crippen molar-refractivity contribution in [2.24, 2.45) is 0 Å². The fraction of sp³-hybridized carbons (Fsp3) is 0.238. The fourth-order valence-electron chi connectivity index (χ4n) is 2.71. The molecule has 7 nitrogen and oxygen atoms in total. The number of nitrogens with zero attached hydrogens (tertiary/aromatic N) is 4. The zero-order chi connectivity index (χ0) is 22.9. The van der Waals surface area contributed by atoms with Crippen LogP contribution in [0.2, 0.25) is 10.0 Å². The first-order valence-electron chi connectivity index (χ1n) is 9.53. The first-order chi connectivity index (χ1) is 15.5. The number of benzene rings is 1. The van der Waals surface area contributed by atoms with Gasteiger partial charge in [-0.1, -0.05) is 41.0 Å². The van der Waals surface area contributed by atoms with Gasteiger partial charge in [0.25, 0.3) is 0 Å². The summed E-state index contributed by atoms with van der Waals surface area (Å²) in [6, 6.07) is 8.82. The SMILES string of the molecule is C=CCn1c(CCCOc2ccc(Cl)cc2Cl)nnc1SCC(=O)Nc1sccc1C#N. The van der Waals surface area contributed by atoms with Gasteiger partial charge < -0.3 is 14.6 Å². The van der Waals surface area contributed by atoms with Gasteiger partial charge in [-0.25, -0.2) is 0 Å². The maximum atomic E-state index is 12.3. The smallest absolute Gasteiger partial charge is 0.235 e. The lowest BCUT2D eigenvalue weighted by atomic mass is 10.3. The van der Waals surface area contributed by atoms with E-state index in [-0.39, 0.29) is 11.7 Å². The van der Waals surface area contributed by atoms with Gasteiger partial charge >= 0.3 is 0 Å². The van der Waals surface area contributed by atoms with Crippen molar-refractivity contribution in [2.45, 2.75) is 24.5 Å². The fourth-order valence-corrected chi connectivity index (χ4v) is 4.70. The molecular weight excluding hydrogens is 489 g/mol. The quantitative estimate of drug-likeness (QED) is 0.211. The van der Waals surface area contributed by atoms with Crippen molar-refractivity contribution < 1.29 is 9.53 Å². The zero-order valence-corrected chi connectivity index (χ0v) is 20.0. The standard InChI is InChI=1S/C21H19Cl2N5O2S2/c1-2-8-28-18(4-3-9-30-17-6-5-15(22)11-16(17)23)26-27-21(28)32-13-19(29)25-20-14(12-24)7-10-31-20/h2,5-7,10-11H,1,3-4,8-9,13H2,(H,25,29). The number of hydrogen-bond acceptors (Lipinski definition) is 7. The molecule has 2 aromatic heterocycles. The first kappa shape index (κ1) is 24.1. The molecule has 32 heavy (non-hydrogen) atoms. The Morgan fingerprint density at radius 1 is 1.38 bits per heavy atom. The summed E-state index contributed by atoms with van der Waals surface area (Å²) in [4.78, 5) is 12.3. The highest BCUT2D eigenvalue weighted by molar-refractivity contribution is 7.99. The van der Waals surface area contributed by atoms with Crippen LogP contribution in [0.3, 0.4) is 0 Å². The van der Waals surface area contributed by atoms with E-state index in [9.17, 15) is 4.79 Å². The minimum absolute atomic E-state index is 0.149. The Morgan fingerprint density at radius 2 is 2.22 bits per heavy atom. The molecular formula is C21H19Cl2N5O2S2. The van der Waals surface area contributed by atoms with Gasteiger partial charge in [0.1, 0.15) is 22.6 Å². The van der Waals surface area contributed by atoms with Gasteiger partial charge in [0.15, 0.2) is 5.16 Å². The number of carbonyl (C=O) groups is 1. The Kier molecular flexibility index (Phi) is 9.00. The Morgan fingerprint density at radius 3 is 2.97 bits per heavy atom. The van der Waals surface area contributed by atoms with Crippen LogP contribution in [0.25, 0.3) is 0 Å². The molecule has 0 radical (unpaired) electrons. The number of thiophene rings is 1. The molecule has 0 fully saturated rings. The molecule has 1 aromatic carbocycles. The highest BCUT2D eigenvalue weighted by Crippen LogP contribution is 2.28. The van der Waals surface area contributed by atoms with Crippen molar-refractivity contribution in [3.05, 3.63) is 63.7 Å². The number of allylic oxidation sites excluding steroid dienone is 1. The van der Waals surface area contributed by atoms with Crippen molar-refractivity contribution >= 4 is 57.2 Å². The molecule has 0 bridgehead atoms. The van der Waals surface area contributed by atoms with Crippen LogP contribution in [0.4, 0.5) is 5.00 Å². The van der Waals surface area contributed by atoms with E-state index in [0.717, 1.165) is 5.82 Å². The van der Waals surface area contributed by atoms with Crippen molar-refractivity contribution in [3.63, 3.8) is 0 Å². The molecule has 0 saturated carbocycles. The van der Waals surface area contributed by atoms with Crippen molar-refractivity contribution in [3.8, 4) is 11.8 Å². The van der Waals surface area contributed by atoms with Gasteiger partial charge in [0.2, 0.25) is 5.91 Å². The molecule has 1 N–H and O–H groups in total. The summed E-state index contributed by atoms with van der Waals surface area (Å²) in [6.45, 7) is 4.77. The van der Waals surface area contributed by atoms with Crippen molar-refractivity contribution in [1.82, 2.24) is 14.8 Å². The number of halogens is 2. The number of hydrogen-bond donors (Lipinski definition) is 1. The summed E-state index contributed by atoms with van der Waals surface area (Å²) in [5, 5.41) is 24.3. The zero-order valence-electron chi connectivity index (χ0n) is 16.9. The largest absolute Gasteiger partial charge is 0.492 e. The molecule has 0 saturated heterocycles. The minimum atomic E-state index is -0.211. The second-order valence-corrected chi connectivity index (χ2v) is 9.14. The summed E-state index contributed by atoms with van der Waals surface area (Å²) >= 11 is 14.6. The normalized spacial score (nSPS) is 10.5. The van der Waals surface area contributed by atoms with E-state index in [1.54, 1.807) is 35.7 Å². The Bertz CT molecular complexity index is 1140. The van der Waals surface area contributed by atoms with Crippen LogP contribution in [0, 0.1) is 11.3 Å². The average molecular weight is 508 g/mol. The summed E-state index contributed by atoms with van der Waals surface area (Å²) in [5.74, 6) is 1.30. The molecule has 0 spiro atoms. The van der Waals surface area contributed by atoms with E-state index in [0.29, 0.717) is 57.5 Å². The van der Waals surface area contributed by atoms with Crippen molar-refractivity contribution in [2.75, 3.05) is 17.7 Å². The van der Waals surface area contributed by atoms with Gasteiger partial charge in [-0.15, -0.1) is 28.1 Å². The van der Waals surface area contributed by atoms with Crippen LogP contribution in [0.1, 0.15) is 17.8 Å². The van der Waals surface area contributed by atoms with Crippen molar-refractivity contribution in [1.29, 1.82) is 5.26 Å². The molecule has 11 heteroatoms. The second kappa shape index (κ2) is 11.9. The van der Waals surface area contributed by atoms with E-state index >= 15 is 0 Å². The monoisotopic (exact) mass is 507 g/mol. The number of anilines is 1. The number of aromatic nitrogens is 3. The van der Waals surface area contributed by atoms with Crippen LogP contribution >= 0.6 is 46.3 Å². The highest BCUT2D eigenvalue weighted by atomic mass is 35.5. The Labute approximate surface area is 204 Å². The molecule has 0 unspecified atom stereocenters. The van der Waals surface area contributed by atoms with Crippen LogP contribution < -0.4 is 10.1 Å². The van der Waals surface area contributed by atoms with E-state index in [4.69, 9.17) is 33.2 Å². The second-order valence-electron chi connectivity index (χ2n) is 6.44. The van der Waals surface area contributed by atoms with Gasteiger partial charge in [-0.3, -0.25) is 4.79 Å². The topological polar surface area (TPSA) is 92.8 Å². The number of thioether (sulfide) groups is 1. The number of ether oxygens (including phenoxy) is 1. The molecule has 1 amide bonds. The highest BCUT2D eigenvalue weighted by Gasteiger charge is 2.15. The molecule has 0 aliphatic carbocycles. The summed E-state index contributed by atoms with van der Waals surface area (Å²) < 4.78 is 7.64. The van der Waals surface area contributed by atoms with Crippen LogP contribution in [0.15, 0.2) is 47.5 Å². The molecule has 2 heterocycles. The summed E-state index contributed by atoms with van der Waals surface area (Å²) in [7, 11) is 0. The Balaban J connectivity index is 1.53. The minimum Gasteiger partial charge on any atom is -0.492 e. The summed E-state index contributed by atoms with van der Waals surface area (Å²) in [5.41, 5.74) is 0.451. The number of nitrogens with one attached hydrogen (secondary N) is 1. The average Bonchev–Trinajstić information content (AvgIpc) is 3.38. The molecule has 3 aromatic rings. The van der Waals surface area contributed by atoms with Gasteiger partial charge in [-0.2, -0.15) is 5.26 Å². The molecule has 166 valence electrons. The number of nitriles is 1. The van der Waals surface area contributed by atoms with Crippen LogP contribution in [-0.4, -0.2) is 33.0 Å². The third-order valence-corrected chi connectivity index (χ3v) is 6.50. The van der Waals surface area contributed by atoms with Crippen LogP contribution in [0.5, 0.6) is 5.75 Å². The van der Waals surface area contributed by atoms with Gasteiger partial charge in [0.05, 0.1) is 22.9 Å². The molecule has 0 aliphatic rings. The predicted octanol–water partition coefficient (Wildman–Crippen LogP) is 5.45. The molecule has 0 aliphatic heterocycles. The first-order valence-corrected chi connectivity index (χ1v) is 12.1. The Hall–Kier alpha value is -2.51. The third-order valence-electron chi connectivity index (χ3n) is 4.17. The van der Waals surface area contributed by atoms with Crippen LogP contribution in [-0.2, 0) is 17.8 Å². The number of rotatable bonds is 11. The number of carbonyl (C=O) groups excluding carboxylic acids is 1. The predicted molar refractivity (Wildman–Crippen MR) is 129 cm³/mol. The number of aryl methyl sites for hydroxylation is 1. The van der Waals surface area contributed by atoms with E-state index in [2.05, 4.69) is 28.2 Å². The summed E-state index contributed by atoms with van der Waals surface area (Å²) in [6.07, 6.45) is 3.10. The van der Waals surface area contributed by atoms with E-state index in [1.807, 2.05) is 4.57 Å². The lowest BCUT2D eigenvalue weighted by molar-refractivity contribution is -0.113. The lowest BCUT2D eigenvalue weighted by Gasteiger charge is -2.09. The van der Waals surface area contributed by atoms with E-state index < -0.39 is 0 Å². The maximum absolute atomic E-state index is 12.3. The number of amides is 1. The van der Waals surface area contributed by atoms with E-state index in [1.165, 1.54) is 23.1 Å². The molecule has 3 rings (SSSR count). The molecule has 0 atom stereocenters. The van der Waals surface area contributed by atoms with Gasteiger partial charge in [-0.05, 0) is 36.1 Å².